The van der Waals surface area contributed by atoms with Gasteiger partial charge in [-0.05, 0) is 52.3 Å². The van der Waals surface area contributed by atoms with Crippen molar-refractivity contribution in [3.8, 4) is 5.75 Å². The van der Waals surface area contributed by atoms with Crippen LogP contribution in [-0.4, -0.2) is 6.61 Å². The lowest BCUT2D eigenvalue weighted by molar-refractivity contribution is 0.363. The second kappa shape index (κ2) is 4.48. The second-order valence-electron chi connectivity index (χ2n) is 6.00. The van der Waals surface area contributed by atoms with E-state index in [4.69, 9.17) is 4.74 Å². The van der Waals surface area contributed by atoms with Gasteiger partial charge in [-0.3, -0.25) is 0 Å². The number of aryl methyl sites for hydroxylation is 1. The van der Waals surface area contributed by atoms with Gasteiger partial charge < -0.3 is 4.74 Å². The van der Waals surface area contributed by atoms with E-state index in [-0.39, 0.29) is 0 Å². The van der Waals surface area contributed by atoms with Gasteiger partial charge in [0.2, 0.25) is 0 Å². The molecule has 0 bridgehead atoms. The molecule has 3 aromatic carbocycles. The Bertz CT molecular complexity index is 976. The van der Waals surface area contributed by atoms with Crippen molar-refractivity contribution in [2.75, 3.05) is 6.61 Å². The molecule has 3 aromatic rings. The molecule has 106 valence electrons. The molecule has 0 N–H and O–H groups in total. The van der Waals surface area contributed by atoms with E-state index in [1.165, 1.54) is 38.2 Å². The first-order valence-corrected chi connectivity index (χ1v) is 7.89. The predicted molar refractivity (Wildman–Crippen MR) is 93.3 cm³/mol. The van der Waals surface area contributed by atoms with Gasteiger partial charge in [-0.15, -0.1) is 0 Å². The highest BCUT2D eigenvalue weighted by Gasteiger charge is 2.19. The molecule has 0 fully saturated rings. The smallest absolute Gasteiger partial charge is 0.135 e. The van der Waals surface area contributed by atoms with Crippen LogP contribution < -0.4 is 4.74 Å². The third-order valence-corrected chi connectivity index (χ3v) is 4.79. The fraction of sp³-hybridized carbons (Fsp3) is 0.143. The van der Waals surface area contributed by atoms with Crippen LogP contribution in [0.3, 0.4) is 0 Å². The summed E-state index contributed by atoms with van der Waals surface area (Å²) in [6.07, 6.45) is 11.1. The van der Waals surface area contributed by atoms with Crippen molar-refractivity contribution in [1.29, 1.82) is 0 Å². The standard InChI is InChI=1S/C21H16O/c1-2-7-15-14(6-1)11-12-19-20(15)17-9-4-3-8-16(17)18-10-5-13-22-21(18)19/h1,3-6,8-12H,2,7,13H2. The average Bonchev–Trinajstić information content (AvgIpc) is 2.61. The zero-order valence-corrected chi connectivity index (χ0v) is 12.3. The molecule has 1 aliphatic heterocycles. The van der Waals surface area contributed by atoms with E-state index in [0.29, 0.717) is 6.61 Å². The third kappa shape index (κ3) is 1.54. The zero-order valence-electron chi connectivity index (χ0n) is 12.3. The van der Waals surface area contributed by atoms with Crippen molar-refractivity contribution in [3.05, 3.63) is 65.2 Å². The molecule has 0 unspecified atom stereocenters. The summed E-state index contributed by atoms with van der Waals surface area (Å²) in [4.78, 5) is 0. The fourth-order valence-electron chi connectivity index (χ4n) is 3.85. The van der Waals surface area contributed by atoms with Gasteiger partial charge in [0.15, 0.2) is 0 Å². The highest BCUT2D eigenvalue weighted by atomic mass is 16.5. The van der Waals surface area contributed by atoms with Gasteiger partial charge in [0.1, 0.15) is 12.4 Å². The molecule has 22 heavy (non-hydrogen) atoms. The van der Waals surface area contributed by atoms with E-state index in [2.05, 4.69) is 60.7 Å². The topological polar surface area (TPSA) is 9.23 Å². The van der Waals surface area contributed by atoms with Gasteiger partial charge in [-0.1, -0.05) is 48.6 Å². The minimum Gasteiger partial charge on any atom is -0.488 e. The molecule has 0 amide bonds. The summed E-state index contributed by atoms with van der Waals surface area (Å²) in [5, 5.41) is 5.28. The summed E-state index contributed by atoms with van der Waals surface area (Å²) >= 11 is 0. The van der Waals surface area contributed by atoms with Crippen LogP contribution in [0.25, 0.3) is 33.7 Å². The molecule has 0 saturated carbocycles. The lowest BCUT2D eigenvalue weighted by Crippen LogP contribution is -2.04. The molecule has 1 heteroatoms. The van der Waals surface area contributed by atoms with Gasteiger partial charge in [-0.2, -0.15) is 0 Å². The molecule has 0 spiro atoms. The van der Waals surface area contributed by atoms with Crippen LogP contribution in [0.2, 0.25) is 0 Å². The van der Waals surface area contributed by atoms with Crippen LogP contribution in [0.4, 0.5) is 0 Å². The minimum absolute atomic E-state index is 0.664. The maximum absolute atomic E-state index is 6.03. The Morgan fingerprint density at radius 2 is 1.73 bits per heavy atom. The van der Waals surface area contributed by atoms with Crippen LogP contribution >= 0.6 is 0 Å². The van der Waals surface area contributed by atoms with Crippen LogP contribution in [0, 0.1) is 0 Å². The highest BCUT2D eigenvalue weighted by Crippen LogP contribution is 2.43. The van der Waals surface area contributed by atoms with Crippen LogP contribution in [0.5, 0.6) is 5.75 Å². The first-order chi connectivity index (χ1) is 10.9. The fourth-order valence-corrected chi connectivity index (χ4v) is 3.85. The first kappa shape index (κ1) is 12.0. The third-order valence-electron chi connectivity index (χ3n) is 4.79. The van der Waals surface area contributed by atoms with E-state index in [1.54, 1.807) is 0 Å². The molecule has 0 saturated heterocycles. The molecule has 1 aliphatic carbocycles. The van der Waals surface area contributed by atoms with Crippen LogP contribution in [0.15, 0.2) is 48.6 Å². The number of rotatable bonds is 0. The lowest BCUT2D eigenvalue weighted by Gasteiger charge is -2.22. The number of hydrogen-bond donors (Lipinski definition) is 0. The monoisotopic (exact) mass is 284 g/mol. The summed E-state index contributed by atoms with van der Waals surface area (Å²) in [6, 6.07) is 13.2. The van der Waals surface area contributed by atoms with E-state index in [1.807, 2.05) is 0 Å². The summed E-state index contributed by atoms with van der Waals surface area (Å²) in [7, 11) is 0. The van der Waals surface area contributed by atoms with Gasteiger partial charge in [-0.25, -0.2) is 0 Å². The Morgan fingerprint density at radius 3 is 2.68 bits per heavy atom. The van der Waals surface area contributed by atoms with E-state index >= 15 is 0 Å². The molecular weight excluding hydrogens is 268 g/mol. The number of allylic oxidation sites excluding steroid dienone is 1. The summed E-state index contributed by atoms with van der Waals surface area (Å²) in [5.41, 5.74) is 4.05. The van der Waals surface area contributed by atoms with Crippen molar-refractivity contribution < 1.29 is 4.74 Å². The van der Waals surface area contributed by atoms with Crippen molar-refractivity contribution in [1.82, 2.24) is 0 Å². The minimum atomic E-state index is 0.664. The molecule has 0 atom stereocenters. The molecule has 5 rings (SSSR count). The van der Waals surface area contributed by atoms with E-state index < -0.39 is 0 Å². The van der Waals surface area contributed by atoms with Gasteiger partial charge >= 0.3 is 0 Å². The van der Waals surface area contributed by atoms with E-state index in [0.717, 1.165) is 18.6 Å². The Hall–Kier alpha value is -2.54. The Balaban J connectivity index is 2.06. The normalized spacial score (nSPS) is 15.6. The molecule has 0 radical (unpaired) electrons. The predicted octanol–water partition coefficient (Wildman–Crippen LogP) is 5.36. The number of hydrogen-bond acceptors (Lipinski definition) is 1. The van der Waals surface area contributed by atoms with Gasteiger partial charge in [0.05, 0.1) is 0 Å². The van der Waals surface area contributed by atoms with Crippen molar-refractivity contribution in [2.45, 2.75) is 12.8 Å². The lowest BCUT2D eigenvalue weighted by atomic mass is 9.86. The Morgan fingerprint density at radius 1 is 0.818 bits per heavy atom. The van der Waals surface area contributed by atoms with Crippen molar-refractivity contribution >= 4 is 33.7 Å². The average molecular weight is 284 g/mol. The maximum atomic E-state index is 6.03. The van der Waals surface area contributed by atoms with Gasteiger partial charge in [0.25, 0.3) is 0 Å². The maximum Gasteiger partial charge on any atom is 0.135 e. The largest absolute Gasteiger partial charge is 0.488 e. The van der Waals surface area contributed by atoms with Crippen molar-refractivity contribution in [3.63, 3.8) is 0 Å². The molecule has 1 heterocycles. The summed E-state index contributed by atoms with van der Waals surface area (Å²) < 4.78 is 6.03. The summed E-state index contributed by atoms with van der Waals surface area (Å²) in [5.74, 6) is 1.05. The SMILES string of the molecule is C1=Cc2ccc3c4c(c5ccccc5c3c2CC1)C=CCO4. The molecular formula is C21H16O. The second-order valence-corrected chi connectivity index (χ2v) is 6.00. The van der Waals surface area contributed by atoms with Crippen LogP contribution in [0.1, 0.15) is 23.1 Å². The number of ether oxygens (including phenoxy) is 1. The Kier molecular flexibility index (Phi) is 2.45. The molecule has 2 aliphatic rings. The van der Waals surface area contributed by atoms with Crippen molar-refractivity contribution in [2.24, 2.45) is 0 Å². The first-order valence-electron chi connectivity index (χ1n) is 7.89. The molecule has 0 aromatic heterocycles. The number of fused-ring (bicyclic) bond motifs is 8. The van der Waals surface area contributed by atoms with Crippen LogP contribution in [-0.2, 0) is 6.42 Å². The molecule has 1 nitrogen and oxygen atoms in total. The summed E-state index contributed by atoms with van der Waals surface area (Å²) in [6.45, 7) is 0.664. The zero-order chi connectivity index (χ0) is 14.5. The van der Waals surface area contributed by atoms with Gasteiger partial charge in [0, 0.05) is 10.9 Å². The van der Waals surface area contributed by atoms with E-state index in [9.17, 15) is 0 Å². The Labute approximate surface area is 129 Å². The highest BCUT2D eigenvalue weighted by molar-refractivity contribution is 6.16. The quantitative estimate of drug-likeness (QED) is 0.505. The number of benzene rings is 3.